The van der Waals surface area contributed by atoms with E-state index in [0.29, 0.717) is 12.5 Å². The molecule has 0 heterocycles. The minimum Gasteiger partial charge on any atom is -0.393 e. The molecule has 0 bridgehead atoms. The van der Waals surface area contributed by atoms with Gasteiger partial charge in [0.2, 0.25) is 0 Å². The topological polar surface area (TPSA) is 78.4 Å². The van der Waals surface area contributed by atoms with Crippen molar-refractivity contribution in [1.82, 2.24) is 5.32 Å². The minimum atomic E-state index is -1.39. The van der Waals surface area contributed by atoms with Gasteiger partial charge in [-0.1, -0.05) is 6.42 Å². The van der Waals surface area contributed by atoms with Crippen molar-refractivity contribution < 1.29 is 27.9 Å². The van der Waals surface area contributed by atoms with Crippen LogP contribution in [0.3, 0.4) is 0 Å². The summed E-state index contributed by atoms with van der Waals surface area (Å²) in [5.74, 6) is -6.29. The first-order chi connectivity index (χ1) is 10.4. The van der Waals surface area contributed by atoms with Gasteiger partial charge in [-0.3, -0.25) is 9.59 Å². The number of rotatable bonds is 3. The van der Waals surface area contributed by atoms with Crippen molar-refractivity contribution in [2.75, 3.05) is 11.9 Å². The smallest absolute Gasteiger partial charge is 0.313 e. The summed E-state index contributed by atoms with van der Waals surface area (Å²) in [6, 6.07) is 0.730. The van der Waals surface area contributed by atoms with Gasteiger partial charge < -0.3 is 15.7 Å². The van der Waals surface area contributed by atoms with E-state index < -0.39 is 41.1 Å². The highest BCUT2D eigenvalue weighted by Crippen LogP contribution is 2.24. The first kappa shape index (κ1) is 16.3. The quantitative estimate of drug-likeness (QED) is 0.581. The van der Waals surface area contributed by atoms with Gasteiger partial charge in [0.25, 0.3) is 0 Å². The van der Waals surface area contributed by atoms with Crippen LogP contribution in [0.4, 0.5) is 18.9 Å². The molecule has 2 amide bonds. The van der Waals surface area contributed by atoms with Crippen molar-refractivity contribution >= 4 is 17.5 Å². The number of halogens is 3. The van der Waals surface area contributed by atoms with Crippen molar-refractivity contribution in [2.24, 2.45) is 5.92 Å². The van der Waals surface area contributed by atoms with Crippen molar-refractivity contribution in [3.63, 3.8) is 0 Å². The number of nitrogens with one attached hydrogen (secondary N) is 2. The van der Waals surface area contributed by atoms with Crippen LogP contribution >= 0.6 is 0 Å². The maximum Gasteiger partial charge on any atom is 0.313 e. The van der Waals surface area contributed by atoms with Crippen molar-refractivity contribution in [1.29, 1.82) is 0 Å². The number of carbonyl (C=O) groups excluding carboxylic acids is 2. The van der Waals surface area contributed by atoms with E-state index >= 15 is 0 Å². The largest absolute Gasteiger partial charge is 0.393 e. The molecule has 0 aliphatic heterocycles. The fourth-order valence-corrected chi connectivity index (χ4v) is 2.36. The molecule has 0 aromatic heterocycles. The van der Waals surface area contributed by atoms with Gasteiger partial charge in [-0.25, -0.2) is 13.2 Å². The molecule has 5 nitrogen and oxygen atoms in total. The normalized spacial score (nSPS) is 20.7. The van der Waals surface area contributed by atoms with Crippen LogP contribution in [0.1, 0.15) is 19.3 Å². The molecule has 120 valence electrons. The van der Waals surface area contributed by atoms with Gasteiger partial charge in [-0.2, -0.15) is 0 Å². The van der Waals surface area contributed by atoms with Crippen LogP contribution in [0.25, 0.3) is 0 Å². The fourth-order valence-electron chi connectivity index (χ4n) is 2.36. The van der Waals surface area contributed by atoms with Crippen molar-refractivity contribution in [2.45, 2.75) is 25.4 Å². The molecule has 0 saturated heterocycles. The lowest BCUT2D eigenvalue weighted by Crippen LogP contribution is -2.39. The molecule has 2 unspecified atom stereocenters. The first-order valence-electron chi connectivity index (χ1n) is 6.80. The average molecular weight is 316 g/mol. The molecular formula is C14H15F3N2O3. The molecule has 3 N–H and O–H groups in total. The van der Waals surface area contributed by atoms with E-state index in [9.17, 15) is 27.9 Å². The molecule has 0 radical (unpaired) electrons. The molecule has 2 rings (SSSR count). The zero-order valence-corrected chi connectivity index (χ0v) is 11.5. The van der Waals surface area contributed by atoms with Crippen LogP contribution in [0.2, 0.25) is 0 Å². The predicted octanol–water partition coefficient (Wildman–Crippen LogP) is 1.32. The van der Waals surface area contributed by atoms with Crippen LogP contribution in [0, 0.1) is 23.4 Å². The third-order valence-corrected chi connectivity index (χ3v) is 3.61. The van der Waals surface area contributed by atoms with Gasteiger partial charge in [0.05, 0.1) is 11.8 Å². The zero-order chi connectivity index (χ0) is 16.3. The number of aliphatic hydroxyl groups is 1. The number of amides is 2. The molecule has 1 aliphatic carbocycles. The van der Waals surface area contributed by atoms with Gasteiger partial charge in [0, 0.05) is 24.6 Å². The third kappa shape index (κ3) is 3.76. The van der Waals surface area contributed by atoms with E-state index in [1.807, 2.05) is 5.32 Å². The lowest BCUT2D eigenvalue weighted by molar-refractivity contribution is -0.136. The second-order valence-electron chi connectivity index (χ2n) is 5.17. The van der Waals surface area contributed by atoms with E-state index in [1.165, 1.54) is 0 Å². The Balaban J connectivity index is 1.91. The molecule has 0 spiro atoms. The maximum atomic E-state index is 13.4. The molecule has 1 saturated carbocycles. The second kappa shape index (κ2) is 6.78. The Kier molecular flexibility index (Phi) is 5.02. The highest BCUT2D eigenvalue weighted by atomic mass is 19.2. The van der Waals surface area contributed by atoms with E-state index in [4.69, 9.17) is 0 Å². The molecule has 8 heteroatoms. The molecular weight excluding hydrogens is 301 g/mol. The van der Waals surface area contributed by atoms with Crippen LogP contribution in [-0.2, 0) is 9.59 Å². The third-order valence-electron chi connectivity index (χ3n) is 3.61. The Morgan fingerprint density at radius 3 is 2.41 bits per heavy atom. The van der Waals surface area contributed by atoms with Crippen LogP contribution in [0.5, 0.6) is 0 Å². The highest BCUT2D eigenvalue weighted by molar-refractivity contribution is 6.39. The Morgan fingerprint density at radius 1 is 1.09 bits per heavy atom. The average Bonchev–Trinajstić information content (AvgIpc) is 2.87. The number of hydrogen-bond donors (Lipinski definition) is 3. The summed E-state index contributed by atoms with van der Waals surface area (Å²) in [6.07, 6.45) is 1.70. The molecule has 1 aromatic rings. The summed E-state index contributed by atoms with van der Waals surface area (Å²) >= 11 is 0. The zero-order valence-electron chi connectivity index (χ0n) is 11.5. The second-order valence-corrected chi connectivity index (χ2v) is 5.17. The standard InChI is InChI=1S/C14H15F3N2O3/c15-8-4-10(17)11(5-9(8)16)19-14(22)13(21)18-6-7-2-1-3-12(7)20/h4-5,7,12,20H,1-3,6H2,(H,18,21)(H,19,22). The van der Waals surface area contributed by atoms with Crippen LogP contribution in [-0.4, -0.2) is 29.6 Å². The Hall–Kier alpha value is -2.09. The fraction of sp³-hybridized carbons (Fsp3) is 0.429. The van der Waals surface area contributed by atoms with Crippen molar-refractivity contribution in [3.8, 4) is 0 Å². The molecule has 1 fully saturated rings. The summed E-state index contributed by atoms with van der Waals surface area (Å²) in [5.41, 5.74) is -0.625. The summed E-state index contributed by atoms with van der Waals surface area (Å²) in [5, 5.41) is 13.8. The number of anilines is 1. The lowest BCUT2D eigenvalue weighted by atomic mass is 10.1. The van der Waals surface area contributed by atoms with Gasteiger partial charge in [0.1, 0.15) is 5.82 Å². The Bertz CT molecular complexity index is 595. The van der Waals surface area contributed by atoms with Gasteiger partial charge in [-0.15, -0.1) is 0 Å². The maximum absolute atomic E-state index is 13.4. The highest BCUT2D eigenvalue weighted by Gasteiger charge is 2.26. The monoisotopic (exact) mass is 316 g/mol. The van der Waals surface area contributed by atoms with Crippen LogP contribution < -0.4 is 10.6 Å². The van der Waals surface area contributed by atoms with Gasteiger partial charge >= 0.3 is 11.8 Å². The number of benzene rings is 1. The molecule has 1 aliphatic rings. The van der Waals surface area contributed by atoms with E-state index in [0.717, 1.165) is 12.8 Å². The SMILES string of the molecule is O=C(NCC1CCCC1O)C(=O)Nc1cc(F)c(F)cc1F. The molecule has 22 heavy (non-hydrogen) atoms. The van der Waals surface area contributed by atoms with Crippen LogP contribution in [0.15, 0.2) is 12.1 Å². The summed E-state index contributed by atoms with van der Waals surface area (Å²) in [6.45, 7) is 0.119. The van der Waals surface area contributed by atoms with E-state index in [-0.39, 0.29) is 18.5 Å². The van der Waals surface area contributed by atoms with Gasteiger partial charge in [-0.05, 0) is 12.8 Å². The van der Waals surface area contributed by atoms with Gasteiger partial charge in [0.15, 0.2) is 11.6 Å². The summed E-state index contributed by atoms with van der Waals surface area (Å²) in [4.78, 5) is 23.2. The summed E-state index contributed by atoms with van der Waals surface area (Å²) in [7, 11) is 0. The first-order valence-corrected chi connectivity index (χ1v) is 6.80. The number of aliphatic hydroxyl groups excluding tert-OH is 1. The Labute approximate surface area is 124 Å². The van der Waals surface area contributed by atoms with E-state index in [2.05, 4.69) is 5.32 Å². The number of carbonyl (C=O) groups is 2. The molecule has 1 aromatic carbocycles. The predicted molar refractivity (Wildman–Crippen MR) is 71.3 cm³/mol. The number of hydrogen-bond acceptors (Lipinski definition) is 3. The summed E-state index contributed by atoms with van der Waals surface area (Å²) < 4.78 is 39.1. The minimum absolute atomic E-state index is 0.119. The molecule has 2 atom stereocenters. The van der Waals surface area contributed by atoms with E-state index in [1.54, 1.807) is 0 Å². The Morgan fingerprint density at radius 2 is 1.77 bits per heavy atom. The lowest BCUT2D eigenvalue weighted by Gasteiger charge is -2.14. The van der Waals surface area contributed by atoms with Crippen molar-refractivity contribution in [3.05, 3.63) is 29.6 Å².